The molecule has 0 atom stereocenters. The first-order valence-corrected chi connectivity index (χ1v) is 6.70. The molecule has 1 amide bonds. The monoisotopic (exact) mass is 251 g/mol. The first kappa shape index (κ1) is 12.4. The standard InChI is InChI=1S/C14H18ClNO/c1-2-14(8-3-9-14)16-13(17)12-6-4-11(10-15)5-7-12/h4-7H,2-3,8-10H2,1H3,(H,16,17). The van der Waals surface area contributed by atoms with Crippen molar-refractivity contribution in [2.45, 2.75) is 44.0 Å². The molecule has 1 aliphatic carbocycles. The first-order chi connectivity index (χ1) is 8.19. The van der Waals surface area contributed by atoms with Gasteiger partial charge in [-0.1, -0.05) is 19.1 Å². The van der Waals surface area contributed by atoms with Crippen LogP contribution in [0.5, 0.6) is 0 Å². The summed E-state index contributed by atoms with van der Waals surface area (Å²) in [6.45, 7) is 2.13. The molecule has 1 saturated carbocycles. The van der Waals surface area contributed by atoms with Crippen LogP contribution in [0.25, 0.3) is 0 Å². The van der Waals surface area contributed by atoms with Crippen LogP contribution in [0, 0.1) is 0 Å². The van der Waals surface area contributed by atoms with Gasteiger partial charge in [-0.15, -0.1) is 11.6 Å². The Morgan fingerprint density at radius 2 is 2.00 bits per heavy atom. The molecule has 0 aliphatic heterocycles. The van der Waals surface area contributed by atoms with Crippen LogP contribution < -0.4 is 5.32 Å². The third-order valence-electron chi connectivity index (χ3n) is 3.74. The quantitative estimate of drug-likeness (QED) is 0.816. The maximum atomic E-state index is 12.1. The van der Waals surface area contributed by atoms with Crippen LogP contribution in [0.15, 0.2) is 24.3 Å². The molecule has 0 radical (unpaired) electrons. The number of hydrogen-bond donors (Lipinski definition) is 1. The topological polar surface area (TPSA) is 29.1 Å². The molecule has 3 heteroatoms. The Hall–Kier alpha value is -1.02. The second-order valence-electron chi connectivity index (χ2n) is 4.77. The molecule has 1 N–H and O–H groups in total. The number of nitrogens with one attached hydrogen (secondary N) is 1. The van der Waals surface area contributed by atoms with Gasteiger partial charge in [-0.3, -0.25) is 4.79 Å². The van der Waals surface area contributed by atoms with Crippen molar-refractivity contribution < 1.29 is 4.79 Å². The Morgan fingerprint density at radius 3 is 2.41 bits per heavy atom. The molecule has 2 nitrogen and oxygen atoms in total. The zero-order valence-corrected chi connectivity index (χ0v) is 10.9. The number of amides is 1. The summed E-state index contributed by atoms with van der Waals surface area (Å²) in [5.74, 6) is 0.522. The van der Waals surface area contributed by atoms with E-state index in [9.17, 15) is 4.79 Å². The van der Waals surface area contributed by atoms with E-state index in [0.29, 0.717) is 5.88 Å². The lowest BCUT2D eigenvalue weighted by molar-refractivity contribution is 0.0820. The number of carbonyl (C=O) groups excluding carboxylic acids is 1. The third kappa shape index (κ3) is 2.63. The third-order valence-corrected chi connectivity index (χ3v) is 4.05. The van der Waals surface area contributed by atoms with Crippen LogP contribution in [0.3, 0.4) is 0 Å². The van der Waals surface area contributed by atoms with Crippen LogP contribution in [-0.4, -0.2) is 11.4 Å². The van der Waals surface area contributed by atoms with E-state index in [1.165, 1.54) is 6.42 Å². The molecule has 92 valence electrons. The minimum Gasteiger partial charge on any atom is -0.347 e. The summed E-state index contributed by atoms with van der Waals surface area (Å²) in [6.07, 6.45) is 4.45. The fourth-order valence-corrected chi connectivity index (χ4v) is 2.41. The normalized spacial score (nSPS) is 17.3. The predicted octanol–water partition coefficient (Wildman–Crippen LogP) is 3.49. The van der Waals surface area contributed by atoms with Crippen molar-refractivity contribution >= 4 is 17.5 Å². The van der Waals surface area contributed by atoms with Gasteiger partial charge >= 0.3 is 0 Å². The van der Waals surface area contributed by atoms with Gasteiger partial charge in [0.05, 0.1) is 0 Å². The summed E-state index contributed by atoms with van der Waals surface area (Å²) in [4.78, 5) is 12.1. The zero-order chi connectivity index (χ0) is 12.3. The largest absolute Gasteiger partial charge is 0.347 e. The molecular formula is C14H18ClNO. The van der Waals surface area contributed by atoms with Gasteiger partial charge in [-0.25, -0.2) is 0 Å². The summed E-state index contributed by atoms with van der Waals surface area (Å²) < 4.78 is 0. The molecule has 2 rings (SSSR count). The minimum absolute atomic E-state index is 0.0349. The smallest absolute Gasteiger partial charge is 0.251 e. The Kier molecular flexibility index (Phi) is 3.72. The van der Waals surface area contributed by atoms with E-state index in [1.807, 2.05) is 24.3 Å². The maximum Gasteiger partial charge on any atom is 0.251 e. The molecule has 0 spiro atoms. The van der Waals surface area contributed by atoms with E-state index >= 15 is 0 Å². The molecule has 0 saturated heterocycles. The van der Waals surface area contributed by atoms with Crippen LogP contribution in [0.4, 0.5) is 0 Å². The highest BCUT2D eigenvalue weighted by Gasteiger charge is 2.36. The lowest BCUT2D eigenvalue weighted by Gasteiger charge is -2.42. The second-order valence-corrected chi connectivity index (χ2v) is 5.04. The number of alkyl halides is 1. The Bertz CT molecular complexity index is 390. The van der Waals surface area contributed by atoms with Gasteiger partial charge in [0.25, 0.3) is 5.91 Å². The average molecular weight is 252 g/mol. The summed E-state index contributed by atoms with van der Waals surface area (Å²) >= 11 is 5.72. The van der Waals surface area contributed by atoms with Gasteiger partial charge in [-0.2, -0.15) is 0 Å². The van der Waals surface area contributed by atoms with Crippen LogP contribution in [0.2, 0.25) is 0 Å². The van der Waals surface area contributed by atoms with Crippen molar-refractivity contribution in [3.05, 3.63) is 35.4 Å². The van der Waals surface area contributed by atoms with Crippen molar-refractivity contribution in [1.82, 2.24) is 5.32 Å². The number of rotatable bonds is 4. The first-order valence-electron chi connectivity index (χ1n) is 6.16. The van der Waals surface area contributed by atoms with Crippen LogP contribution >= 0.6 is 11.6 Å². The van der Waals surface area contributed by atoms with Crippen molar-refractivity contribution in [2.24, 2.45) is 0 Å². The maximum absolute atomic E-state index is 12.1. The van der Waals surface area contributed by atoms with Gasteiger partial charge in [0.2, 0.25) is 0 Å². The van der Waals surface area contributed by atoms with E-state index in [2.05, 4.69) is 12.2 Å². The number of hydrogen-bond acceptors (Lipinski definition) is 1. The lowest BCUT2D eigenvalue weighted by atomic mass is 9.74. The molecule has 0 bridgehead atoms. The van der Waals surface area contributed by atoms with Gasteiger partial charge in [-0.05, 0) is 43.4 Å². The molecule has 0 heterocycles. The summed E-state index contributed by atoms with van der Waals surface area (Å²) in [5.41, 5.74) is 1.82. The molecular weight excluding hydrogens is 234 g/mol. The lowest BCUT2D eigenvalue weighted by Crippen LogP contribution is -2.52. The fraction of sp³-hybridized carbons (Fsp3) is 0.500. The number of carbonyl (C=O) groups is 1. The summed E-state index contributed by atoms with van der Waals surface area (Å²) in [5, 5.41) is 3.16. The van der Waals surface area contributed by atoms with Gasteiger partial charge in [0.1, 0.15) is 0 Å². The Balaban J connectivity index is 2.03. The zero-order valence-electron chi connectivity index (χ0n) is 10.1. The highest BCUT2D eigenvalue weighted by Crippen LogP contribution is 2.34. The van der Waals surface area contributed by atoms with Crippen molar-refractivity contribution in [3.63, 3.8) is 0 Å². The second kappa shape index (κ2) is 5.09. The van der Waals surface area contributed by atoms with E-state index < -0.39 is 0 Å². The van der Waals surface area contributed by atoms with Gasteiger partial charge in [0.15, 0.2) is 0 Å². The molecule has 1 aromatic carbocycles. The average Bonchev–Trinajstić information content (AvgIpc) is 2.33. The van der Waals surface area contributed by atoms with Crippen molar-refractivity contribution in [2.75, 3.05) is 0 Å². The fourth-order valence-electron chi connectivity index (χ4n) is 2.23. The molecule has 1 aliphatic rings. The number of halogens is 1. The molecule has 1 aromatic rings. The number of benzene rings is 1. The molecule has 0 aromatic heterocycles. The summed E-state index contributed by atoms with van der Waals surface area (Å²) in [7, 11) is 0. The van der Waals surface area contributed by atoms with Crippen LogP contribution in [-0.2, 0) is 5.88 Å². The van der Waals surface area contributed by atoms with Crippen LogP contribution in [0.1, 0.15) is 48.5 Å². The van der Waals surface area contributed by atoms with Crippen molar-refractivity contribution in [1.29, 1.82) is 0 Å². The summed E-state index contributed by atoms with van der Waals surface area (Å²) in [6, 6.07) is 7.49. The highest BCUT2D eigenvalue weighted by atomic mass is 35.5. The molecule has 1 fully saturated rings. The van der Waals surface area contributed by atoms with E-state index in [1.54, 1.807) is 0 Å². The van der Waals surface area contributed by atoms with E-state index in [-0.39, 0.29) is 11.4 Å². The Labute approximate surface area is 107 Å². The van der Waals surface area contributed by atoms with E-state index in [4.69, 9.17) is 11.6 Å². The highest BCUT2D eigenvalue weighted by molar-refractivity contribution is 6.17. The van der Waals surface area contributed by atoms with Crippen molar-refractivity contribution in [3.8, 4) is 0 Å². The van der Waals surface area contributed by atoms with Gasteiger partial charge in [0, 0.05) is 17.0 Å². The molecule has 0 unspecified atom stereocenters. The molecule has 17 heavy (non-hydrogen) atoms. The predicted molar refractivity (Wildman–Crippen MR) is 70.3 cm³/mol. The van der Waals surface area contributed by atoms with E-state index in [0.717, 1.165) is 30.4 Å². The minimum atomic E-state index is 0.0349. The Morgan fingerprint density at radius 1 is 1.35 bits per heavy atom. The SMILES string of the molecule is CCC1(NC(=O)c2ccc(CCl)cc2)CCC1. The van der Waals surface area contributed by atoms with Gasteiger partial charge < -0.3 is 5.32 Å².